The molecule has 1 atom stereocenters. The van der Waals surface area contributed by atoms with E-state index in [-0.39, 0.29) is 30.8 Å². The van der Waals surface area contributed by atoms with Crippen molar-refractivity contribution in [2.45, 2.75) is 40.0 Å². The molecular formula is C21H26N2O4. The minimum absolute atomic E-state index is 0.0313. The van der Waals surface area contributed by atoms with Gasteiger partial charge in [-0.25, -0.2) is 0 Å². The lowest BCUT2D eigenvalue weighted by molar-refractivity contribution is 0.275. The third kappa shape index (κ3) is 5.39. The standard InChI is InChI=1S/C21H26N2O4/c1-13-4-16(20(26)18(6-13)11-24)9-22-8-15(3)23-10-17-5-14(2)7-19(12-25)21(17)27/h4-7,9-10,15,24-27H,8,11-12H2,1-3H3. The second-order valence-electron chi connectivity index (χ2n) is 6.66. The van der Waals surface area contributed by atoms with E-state index in [2.05, 4.69) is 9.98 Å². The maximum Gasteiger partial charge on any atom is 0.129 e. The molecule has 144 valence electrons. The molecule has 0 saturated carbocycles. The van der Waals surface area contributed by atoms with E-state index in [0.717, 1.165) is 11.1 Å². The number of aliphatic imine (C=N–C) groups is 2. The van der Waals surface area contributed by atoms with E-state index in [1.165, 1.54) is 0 Å². The molecule has 4 N–H and O–H groups in total. The maximum atomic E-state index is 10.1. The molecule has 0 aliphatic heterocycles. The zero-order valence-electron chi connectivity index (χ0n) is 15.8. The average Bonchev–Trinajstić information content (AvgIpc) is 2.64. The number of aryl methyl sites for hydroxylation is 2. The molecule has 2 aromatic carbocycles. The highest BCUT2D eigenvalue weighted by Gasteiger charge is 2.08. The van der Waals surface area contributed by atoms with Gasteiger partial charge in [-0.15, -0.1) is 0 Å². The van der Waals surface area contributed by atoms with Crippen LogP contribution in [0.1, 0.15) is 40.3 Å². The third-order valence-electron chi connectivity index (χ3n) is 4.13. The fourth-order valence-corrected chi connectivity index (χ4v) is 2.76. The predicted molar refractivity (Wildman–Crippen MR) is 107 cm³/mol. The molecule has 0 spiro atoms. The first-order chi connectivity index (χ1) is 12.8. The second kappa shape index (κ2) is 9.30. The lowest BCUT2D eigenvalue weighted by Gasteiger charge is -2.08. The zero-order chi connectivity index (χ0) is 20.0. The van der Waals surface area contributed by atoms with Crippen molar-refractivity contribution in [2.24, 2.45) is 9.98 Å². The molecule has 2 rings (SSSR count). The van der Waals surface area contributed by atoms with E-state index in [9.17, 15) is 20.4 Å². The third-order valence-corrected chi connectivity index (χ3v) is 4.13. The fourth-order valence-electron chi connectivity index (χ4n) is 2.76. The summed E-state index contributed by atoms with van der Waals surface area (Å²) in [4.78, 5) is 8.72. The zero-order valence-corrected chi connectivity index (χ0v) is 15.8. The van der Waals surface area contributed by atoms with Crippen molar-refractivity contribution in [1.29, 1.82) is 0 Å². The molecule has 1 unspecified atom stereocenters. The molecule has 0 aliphatic rings. The van der Waals surface area contributed by atoms with Crippen LogP contribution in [0, 0.1) is 13.8 Å². The molecule has 0 heterocycles. The van der Waals surface area contributed by atoms with Gasteiger partial charge in [0.1, 0.15) is 11.5 Å². The highest BCUT2D eigenvalue weighted by Crippen LogP contribution is 2.24. The van der Waals surface area contributed by atoms with Crippen LogP contribution in [0.3, 0.4) is 0 Å². The van der Waals surface area contributed by atoms with Gasteiger partial charge in [-0.3, -0.25) is 9.98 Å². The second-order valence-corrected chi connectivity index (χ2v) is 6.66. The van der Waals surface area contributed by atoms with Crippen LogP contribution in [0.25, 0.3) is 0 Å². The Labute approximate surface area is 159 Å². The Balaban J connectivity index is 2.08. The number of aliphatic hydroxyl groups excluding tert-OH is 2. The van der Waals surface area contributed by atoms with E-state index >= 15 is 0 Å². The van der Waals surface area contributed by atoms with Crippen molar-refractivity contribution in [3.63, 3.8) is 0 Å². The summed E-state index contributed by atoms with van der Waals surface area (Å²) in [5, 5.41) is 38.8. The Morgan fingerprint density at radius 3 is 1.81 bits per heavy atom. The molecule has 0 radical (unpaired) electrons. The quantitative estimate of drug-likeness (QED) is 0.562. The van der Waals surface area contributed by atoms with Crippen LogP contribution in [0.2, 0.25) is 0 Å². The number of phenols is 2. The van der Waals surface area contributed by atoms with Crippen molar-refractivity contribution in [3.8, 4) is 11.5 Å². The van der Waals surface area contributed by atoms with E-state index in [4.69, 9.17) is 0 Å². The average molecular weight is 370 g/mol. The van der Waals surface area contributed by atoms with Gasteiger partial charge in [0.25, 0.3) is 0 Å². The first-order valence-electron chi connectivity index (χ1n) is 8.75. The van der Waals surface area contributed by atoms with Crippen LogP contribution in [-0.4, -0.2) is 45.4 Å². The van der Waals surface area contributed by atoms with Crippen molar-refractivity contribution >= 4 is 12.4 Å². The topological polar surface area (TPSA) is 106 Å². The summed E-state index contributed by atoms with van der Waals surface area (Å²) in [7, 11) is 0. The Kier molecular flexibility index (Phi) is 7.10. The number of hydrogen-bond donors (Lipinski definition) is 4. The number of benzene rings is 2. The Bertz CT molecular complexity index is 860. The predicted octanol–water partition coefficient (Wildman–Crippen LogP) is 2.63. The molecule has 0 aliphatic carbocycles. The molecule has 6 nitrogen and oxygen atoms in total. The SMILES string of the molecule is Cc1cc(C=NCC(C)N=Cc2cc(C)cc(CO)c2O)c(O)c(CO)c1. The summed E-state index contributed by atoms with van der Waals surface area (Å²) in [6.07, 6.45) is 3.15. The van der Waals surface area contributed by atoms with Crippen molar-refractivity contribution in [1.82, 2.24) is 0 Å². The lowest BCUT2D eigenvalue weighted by Crippen LogP contribution is -2.04. The van der Waals surface area contributed by atoms with Gasteiger partial charge in [0, 0.05) is 34.7 Å². The van der Waals surface area contributed by atoms with Crippen LogP contribution >= 0.6 is 0 Å². The minimum Gasteiger partial charge on any atom is -0.507 e. The van der Waals surface area contributed by atoms with Crippen LogP contribution in [0.15, 0.2) is 34.3 Å². The molecule has 0 fully saturated rings. The van der Waals surface area contributed by atoms with Gasteiger partial charge in [0.05, 0.1) is 25.8 Å². The number of hydrogen-bond acceptors (Lipinski definition) is 6. The van der Waals surface area contributed by atoms with Gasteiger partial charge in [-0.05, 0) is 44.0 Å². The molecule has 6 heteroatoms. The van der Waals surface area contributed by atoms with E-state index in [0.29, 0.717) is 28.8 Å². The summed E-state index contributed by atoms with van der Waals surface area (Å²) < 4.78 is 0. The van der Waals surface area contributed by atoms with E-state index in [1.54, 1.807) is 36.7 Å². The Morgan fingerprint density at radius 2 is 1.33 bits per heavy atom. The monoisotopic (exact) mass is 370 g/mol. The van der Waals surface area contributed by atoms with Crippen LogP contribution in [-0.2, 0) is 13.2 Å². The number of rotatable bonds is 7. The van der Waals surface area contributed by atoms with Gasteiger partial charge < -0.3 is 20.4 Å². The number of aliphatic hydroxyl groups is 2. The van der Waals surface area contributed by atoms with Gasteiger partial charge in [0.15, 0.2) is 0 Å². The van der Waals surface area contributed by atoms with Gasteiger partial charge in [0.2, 0.25) is 0 Å². The van der Waals surface area contributed by atoms with Crippen LogP contribution in [0.4, 0.5) is 0 Å². The van der Waals surface area contributed by atoms with Crippen LogP contribution < -0.4 is 0 Å². The molecule has 27 heavy (non-hydrogen) atoms. The number of nitrogens with zero attached hydrogens (tertiary/aromatic N) is 2. The Morgan fingerprint density at radius 1 is 0.852 bits per heavy atom. The molecular weight excluding hydrogens is 344 g/mol. The van der Waals surface area contributed by atoms with Crippen LogP contribution in [0.5, 0.6) is 11.5 Å². The summed E-state index contributed by atoms with van der Waals surface area (Å²) in [5.41, 5.74) is 3.91. The molecule has 0 saturated heterocycles. The van der Waals surface area contributed by atoms with E-state index in [1.807, 2.05) is 20.8 Å². The van der Waals surface area contributed by atoms with E-state index < -0.39 is 0 Å². The summed E-state index contributed by atoms with van der Waals surface area (Å²) in [6, 6.07) is 6.93. The smallest absolute Gasteiger partial charge is 0.129 e. The molecule has 0 aromatic heterocycles. The fraction of sp³-hybridized carbons (Fsp3) is 0.333. The van der Waals surface area contributed by atoms with Gasteiger partial charge in [-0.2, -0.15) is 0 Å². The number of aromatic hydroxyl groups is 2. The Hall–Kier alpha value is -2.70. The normalized spacial score (nSPS) is 12.9. The van der Waals surface area contributed by atoms with Crippen molar-refractivity contribution < 1.29 is 20.4 Å². The first-order valence-corrected chi connectivity index (χ1v) is 8.75. The highest BCUT2D eigenvalue weighted by atomic mass is 16.3. The first kappa shape index (κ1) is 20.6. The van der Waals surface area contributed by atoms with Gasteiger partial charge in [-0.1, -0.05) is 12.1 Å². The maximum absolute atomic E-state index is 10.1. The lowest BCUT2D eigenvalue weighted by atomic mass is 10.1. The van der Waals surface area contributed by atoms with Crippen molar-refractivity contribution in [2.75, 3.05) is 6.54 Å². The molecule has 0 bridgehead atoms. The largest absolute Gasteiger partial charge is 0.507 e. The molecule has 0 amide bonds. The summed E-state index contributed by atoms with van der Waals surface area (Å²) in [6.45, 7) is 5.60. The highest BCUT2D eigenvalue weighted by molar-refractivity contribution is 5.85. The minimum atomic E-state index is -0.232. The summed E-state index contributed by atoms with van der Waals surface area (Å²) in [5.74, 6) is 0.0630. The van der Waals surface area contributed by atoms with Crippen molar-refractivity contribution in [3.05, 3.63) is 57.6 Å². The van der Waals surface area contributed by atoms with Gasteiger partial charge >= 0.3 is 0 Å². The molecule has 2 aromatic rings. The summed E-state index contributed by atoms with van der Waals surface area (Å²) >= 11 is 0.